The third-order valence-corrected chi connectivity index (χ3v) is 5.13. The monoisotopic (exact) mass is 455 g/mol. The molecule has 174 valence electrons. The summed E-state index contributed by atoms with van der Waals surface area (Å²) in [4.78, 5) is 35.9. The number of aromatic nitrogens is 1. The van der Waals surface area contributed by atoms with Crippen LogP contribution in [0.2, 0.25) is 0 Å². The van der Waals surface area contributed by atoms with Crippen LogP contribution in [-0.4, -0.2) is 47.3 Å². The van der Waals surface area contributed by atoms with Gasteiger partial charge in [-0.1, -0.05) is 30.3 Å². The zero-order chi connectivity index (χ0) is 24.1. The Bertz CT molecular complexity index is 984. The van der Waals surface area contributed by atoms with Crippen LogP contribution in [0.3, 0.4) is 0 Å². The van der Waals surface area contributed by atoms with Crippen LogP contribution in [0.15, 0.2) is 36.4 Å². The number of esters is 2. The fraction of sp³-hybridized carbons (Fsp3) is 0.409. The van der Waals surface area contributed by atoms with Gasteiger partial charge >= 0.3 is 18.1 Å². The van der Waals surface area contributed by atoms with Crippen LogP contribution in [0.1, 0.15) is 40.2 Å². The molecule has 0 unspecified atom stereocenters. The molecule has 0 saturated heterocycles. The Hall–Kier alpha value is -3.14. The Morgan fingerprint density at radius 1 is 1.06 bits per heavy atom. The summed E-state index contributed by atoms with van der Waals surface area (Å²) in [7, 11) is 1.26. The van der Waals surface area contributed by atoms with Crippen molar-refractivity contribution in [1.82, 2.24) is 4.57 Å². The molecule has 1 aromatic carbocycles. The molecule has 32 heavy (non-hydrogen) atoms. The van der Waals surface area contributed by atoms with Crippen LogP contribution in [0.5, 0.6) is 0 Å². The van der Waals surface area contributed by atoms with Gasteiger partial charge in [-0.15, -0.1) is 0 Å². The summed E-state index contributed by atoms with van der Waals surface area (Å²) in [5.41, 5.74) is -2.54. The maximum absolute atomic E-state index is 13.5. The lowest BCUT2D eigenvalue weighted by Crippen LogP contribution is -2.44. The number of methoxy groups -OCH3 is 1. The average molecular weight is 455 g/mol. The summed E-state index contributed by atoms with van der Waals surface area (Å²) < 4.78 is 51.6. The van der Waals surface area contributed by atoms with Crippen molar-refractivity contribution in [2.75, 3.05) is 13.7 Å². The van der Waals surface area contributed by atoms with E-state index in [1.807, 2.05) is 0 Å². The van der Waals surface area contributed by atoms with Crippen molar-refractivity contribution >= 4 is 17.7 Å². The topological polar surface area (TPSA) is 94.8 Å². The van der Waals surface area contributed by atoms with Gasteiger partial charge in [-0.2, -0.15) is 13.2 Å². The minimum absolute atomic E-state index is 0.0883. The highest BCUT2D eigenvalue weighted by molar-refractivity contribution is 5.99. The number of hydrogen-bond acceptors (Lipinski definition) is 6. The number of hydrogen-bond donors (Lipinski definition) is 1. The number of Topliss-reactive ketones (excluding diaryl/α,β-unsaturated/α-hetero) is 1. The number of nitrogens with zero attached hydrogens (tertiary/aromatic N) is 1. The highest BCUT2D eigenvalue weighted by Gasteiger charge is 2.56. The zero-order valence-electron chi connectivity index (χ0n) is 17.9. The van der Waals surface area contributed by atoms with Crippen LogP contribution in [0.4, 0.5) is 13.2 Å². The highest BCUT2D eigenvalue weighted by atomic mass is 19.4. The van der Waals surface area contributed by atoms with Gasteiger partial charge in [-0.3, -0.25) is 14.4 Å². The number of benzene rings is 1. The number of ketones is 1. The first kappa shape index (κ1) is 25.1. The normalized spacial score (nSPS) is 13.3. The number of alkyl halides is 3. The SMILES string of the molecule is COC(=O)CCn1c(C)cc(C(=O)COC(=O)C[C@@](O)(c2ccccc2)C(F)(F)F)c1C. The van der Waals surface area contributed by atoms with Crippen molar-refractivity contribution in [2.45, 2.75) is 45.0 Å². The standard InChI is InChI=1S/C22H24F3NO6/c1-14-11-17(15(2)26(14)10-9-19(28)31-3)18(27)13-32-20(29)12-21(30,22(23,24)25)16-7-5-4-6-8-16/h4-8,11,30H,9-10,12-13H2,1-3H3/t21-/m1/s1. The Morgan fingerprint density at radius 2 is 1.69 bits per heavy atom. The molecule has 0 spiro atoms. The quantitative estimate of drug-likeness (QED) is 0.461. The lowest BCUT2D eigenvalue weighted by Gasteiger charge is -2.30. The van der Waals surface area contributed by atoms with Gasteiger partial charge in [0, 0.05) is 23.5 Å². The van der Waals surface area contributed by atoms with Crippen LogP contribution in [-0.2, 0) is 31.2 Å². The highest BCUT2D eigenvalue weighted by Crippen LogP contribution is 2.41. The second kappa shape index (κ2) is 9.99. The molecule has 1 N–H and O–H groups in total. The van der Waals surface area contributed by atoms with Gasteiger partial charge < -0.3 is 19.1 Å². The molecule has 7 nitrogen and oxygen atoms in total. The van der Waals surface area contributed by atoms with E-state index in [1.54, 1.807) is 24.5 Å². The zero-order valence-corrected chi connectivity index (χ0v) is 17.9. The molecule has 1 aromatic heterocycles. The Balaban J connectivity index is 2.08. The van der Waals surface area contributed by atoms with Crippen molar-refractivity contribution in [3.05, 3.63) is 58.9 Å². The molecular weight excluding hydrogens is 431 g/mol. The van der Waals surface area contributed by atoms with E-state index in [0.29, 0.717) is 11.4 Å². The van der Waals surface area contributed by atoms with Crippen LogP contribution >= 0.6 is 0 Å². The van der Waals surface area contributed by atoms with Gasteiger partial charge in [0.1, 0.15) is 0 Å². The van der Waals surface area contributed by atoms with E-state index in [2.05, 4.69) is 4.74 Å². The summed E-state index contributed by atoms with van der Waals surface area (Å²) >= 11 is 0. The van der Waals surface area contributed by atoms with Gasteiger partial charge in [0.15, 0.2) is 12.2 Å². The molecule has 0 bridgehead atoms. The lowest BCUT2D eigenvalue weighted by molar-refractivity contribution is -0.269. The van der Waals surface area contributed by atoms with Crippen molar-refractivity contribution in [3.8, 4) is 0 Å². The van der Waals surface area contributed by atoms with E-state index < -0.39 is 48.1 Å². The fourth-order valence-electron chi connectivity index (χ4n) is 3.30. The molecule has 0 aliphatic rings. The third-order valence-electron chi connectivity index (χ3n) is 5.13. The average Bonchev–Trinajstić information content (AvgIpc) is 3.03. The number of aryl methyl sites for hydroxylation is 1. The molecule has 1 heterocycles. The minimum Gasteiger partial charge on any atom is -0.469 e. The molecule has 0 amide bonds. The summed E-state index contributed by atoms with van der Waals surface area (Å²) in [6, 6.07) is 7.72. The summed E-state index contributed by atoms with van der Waals surface area (Å²) in [6.07, 6.45) is -6.45. The summed E-state index contributed by atoms with van der Waals surface area (Å²) in [6.45, 7) is 2.84. The van der Waals surface area contributed by atoms with Crippen LogP contribution in [0.25, 0.3) is 0 Å². The van der Waals surface area contributed by atoms with E-state index in [0.717, 1.165) is 12.1 Å². The van der Waals surface area contributed by atoms with Crippen LogP contribution in [0, 0.1) is 13.8 Å². The number of halogens is 3. The van der Waals surface area contributed by atoms with E-state index in [4.69, 9.17) is 4.74 Å². The first-order chi connectivity index (χ1) is 14.9. The number of ether oxygens (including phenoxy) is 2. The predicted molar refractivity (Wildman–Crippen MR) is 107 cm³/mol. The van der Waals surface area contributed by atoms with Gasteiger partial charge in [-0.25, -0.2) is 0 Å². The molecule has 10 heteroatoms. The number of aliphatic hydroxyl groups is 1. The van der Waals surface area contributed by atoms with E-state index >= 15 is 0 Å². The molecule has 0 saturated carbocycles. The van der Waals surface area contributed by atoms with Crippen LogP contribution < -0.4 is 0 Å². The number of rotatable bonds is 9. The van der Waals surface area contributed by atoms with Gasteiger partial charge in [0.05, 0.1) is 20.0 Å². The van der Waals surface area contributed by atoms with E-state index in [-0.39, 0.29) is 18.5 Å². The Morgan fingerprint density at radius 3 is 2.25 bits per heavy atom. The van der Waals surface area contributed by atoms with E-state index in [9.17, 15) is 32.7 Å². The van der Waals surface area contributed by atoms with Crippen molar-refractivity contribution < 1.29 is 42.1 Å². The molecule has 0 aliphatic carbocycles. The third kappa shape index (κ3) is 5.56. The maximum Gasteiger partial charge on any atom is 0.422 e. The Kier molecular flexibility index (Phi) is 7.84. The minimum atomic E-state index is -5.14. The van der Waals surface area contributed by atoms with E-state index in [1.165, 1.54) is 25.3 Å². The Labute approximate surface area is 182 Å². The maximum atomic E-state index is 13.5. The molecule has 0 fully saturated rings. The van der Waals surface area contributed by atoms with Gasteiger partial charge in [0.25, 0.3) is 0 Å². The number of carbonyl (C=O) groups is 3. The molecule has 2 aromatic rings. The first-order valence-corrected chi connectivity index (χ1v) is 9.67. The largest absolute Gasteiger partial charge is 0.469 e. The first-order valence-electron chi connectivity index (χ1n) is 9.67. The van der Waals surface area contributed by atoms with Crippen molar-refractivity contribution in [1.29, 1.82) is 0 Å². The molecule has 2 rings (SSSR count). The summed E-state index contributed by atoms with van der Waals surface area (Å²) in [5.74, 6) is -2.41. The second-order valence-electron chi connectivity index (χ2n) is 7.25. The van der Waals surface area contributed by atoms with Crippen molar-refractivity contribution in [3.63, 3.8) is 0 Å². The predicted octanol–water partition coefficient (Wildman–Crippen LogP) is 3.23. The van der Waals surface area contributed by atoms with Crippen molar-refractivity contribution in [2.24, 2.45) is 0 Å². The molecular formula is C22H24F3NO6. The molecule has 0 radical (unpaired) electrons. The molecule has 0 aliphatic heterocycles. The van der Waals surface area contributed by atoms with Gasteiger partial charge in [0.2, 0.25) is 5.78 Å². The number of carbonyl (C=O) groups excluding carboxylic acids is 3. The summed E-state index contributed by atoms with van der Waals surface area (Å²) in [5, 5.41) is 10.2. The smallest absolute Gasteiger partial charge is 0.422 e. The fourth-order valence-corrected chi connectivity index (χ4v) is 3.30. The lowest BCUT2D eigenvalue weighted by atomic mass is 9.90. The molecule has 1 atom stereocenters. The van der Waals surface area contributed by atoms with Gasteiger partial charge in [-0.05, 0) is 25.5 Å². The second-order valence-corrected chi connectivity index (χ2v) is 7.25.